The van der Waals surface area contributed by atoms with Crippen molar-refractivity contribution < 1.29 is 0 Å². The number of likely N-dealkylation sites (tertiary alicyclic amines) is 1. The van der Waals surface area contributed by atoms with Gasteiger partial charge >= 0.3 is 0 Å². The molecule has 0 aromatic rings. The first-order valence-corrected chi connectivity index (χ1v) is 10.2. The minimum atomic E-state index is 0.892. The molecule has 0 amide bonds. The van der Waals surface area contributed by atoms with Crippen LogP contribution < -0.4 is 0 Å². The molecule has 1 aliphatic carbocycles. The Labute approximate surface area is 142 Å². The Bertz CT molecular complexity index is 220. The van der Waals surface area contributed by atoms with Crippen LogP contribution in [0.3, 0.4) is 0 Å². The zero-order valence-electron chi connectivity index (χ0n) is 16.8. The summed E-state index contributed by atoms with van der Waals surface area (Å²) in [5.41, 5.74) is 0. The molecule has 1 nitrogen and oxygen atoms in total. The highest BCUT2D eigenvalue weighted by Crippen LogP contribution is 2.29. The topological polar surface area (TPSA) is 3.24 Å². The van der Waals surface area contributed by atoms with E-state index in [1.54, 1.807) is 0 Å². The zero-order chi connectivity index (χ0) is 17.0. The van der Waals surface area contributed by atoms with Gasteiger partial charge in [0.25, 0.3) is 0 Å². The smallest absolute Gasteiger partial charge is 0.00191 e. The van der Waals surface area contributed by atoms with Crippen LogP contribution in [0.4, 0.5) is 0 Å². The Balaban J connectivity index is 0.000000366. The van der Waals surface area contributed by atoms with E-state index in [1.807, 2.05) is 13.8 Å². The molecule has 1 saturated heterocycles. The molecule has 0 aromatic heterocycles. The summed E-state index contributed by atoms with van der Waals surface area (Å²) in [5, 5.41) is 0. The molecule has 134 valence electrons. The van der Waals surface area contributed by atoms with E-state index < -0.39 is 0 Å². The molecule has 0 radical (unpaired) electrons. The first-order valence-electron chi connectivity index (χ1n) is 10.2. The Morgan fingerprint density at radius 2 is 1.32 bits per heavy atom. The number of hydrogen-bond donors (Lipinski definition) is 0. The fourth-order valence-corrected chi connectivity index (χ4v) is 3.77. The molecular formula is C21H45N. The fraction of sp³-hybridized carbons (Fsp3) is 1.00. The van der Waals surface area contributed by atoms with Crippen molar-refractivity contribution in [1.82, 2.24) is 4.90 Å². The summed E-state index contributed by atoms with van der Waals surface area (Å²) in [7, 11) is 2.23. The molecule has 1 aliphatic heterocycles. The van der Waals surface area contributed by atoms with Crippen molar-refractivity contribution in [3.8, 4) is 0 Å². The second-order valence-corrected chi connectivity index (χ2v) is 8.02. The Hall–Kier alpha value is -0.0400. The van der Waals surface area contributed by atoms with Gasteiger partial charge in [0.15, 0.2) is 0 Å². The highest BCUT2D eigenvalue weighted by atomic mass is 15.1. The van der Waals surface area contributed by atoms with E-state index in [2.05, 4.69) is 39.6 Å². The lowest BCUT2D eigenvalue weighted by molar-refractivity contribution is 0.201. The van der Waals surface area contributed by atoms with E-state index in [-0.39, 0.29) is 0 Å². The van der Waals surface area contributed by atoms with Crippen LogP contribution in [0.5, 0.6) is 0 Å². The lowest BCUT2D eigenvalue weighted by atomic mass is 9.82. The standard InChI is InChI=1S/C10H21N.C9H18.C2H6/c1-9(2)8-10-4-6-11(3)7-5-10;1-8(2)9-6-4-3-5-7-9;1-2/h9-10H,4-8H2,1-3H3;8-9H,3-7H2,1-2H3;1-2H3. The number of piperidine rings is 1. The van der Waals surface area contributed by atoms with Crippen LogP contribution in [-0.4, -0.2) is 25.0 Å². The van der Waals surface area contributed by atoms with Gasteiger partial charge in [-0.15, -0.1) is 0 Å². The van der Waals surface area contributed by atoms with Crippen LogP contribution >= 0.6 is 0 Å². The highest BCUT2D eigenvalue weighted by Gasteiger charge is 2.17. The van der Waals surface area contributed by atoms with Crippen molar-refractivity contribution in [3.05, 3.63) is 0 Å². The van der Waals surface area contributed by atoms with E-state index in [0.29, 0.717) is 0 Å². The third-order valence-corrected chi connectivity index (χ3v) is 5.24. The van der Waals surface area contributed by atoms with Crippen LogP contribution in [0.2, 0.25) is 0 Å². The first kappa shape index (κ1) is 22.0. The third kappa shape index (κ3) is 10.6. The van der Waals surface area contributed by atoms with Gasteiger partial charge in [-0.2, -0.15) is 0 Å². The number of rotatable bonds is 3. The molecule has 2 rings (SSSR count). The highest BCUT2D eigenvalue weighted by molar-refractivity contribution is 4.70. The molecule has 0 spiro atoms. The Kier molecular flexibility index (Phi) is 13.4. The summed E-state index contributed by atoms with van der Waals surface area (Å²) in [6.07, 6.45) is 11.8. The maximum absolute atomic E-state index is 2.44. The lowest BCUT2D eigenvalue weighted by Crippen LogP contribution is -2.30. The van der Waals surface area contributed by atoms with Gasteiger partial charge in [-0.25, -0.2) is 0 Å². The minimum absolute atomic E-state index is 0.892. The largest absolute Gasteiger partial charge is 0.306 e. The number of nitrogens with zero attached hydrogens (tertiary/aromatic N) is 1. The summed E-state index contributed by atoms with van der Waals surface area (Å²) < 4.78 is 0. The maximum Gasteiger partial charge on any atom is -0.00191 e. The summed E-state index contributed by atoms with van der Waals surface area (Å²) in [6, 6.07) is 0. The van der Waals surface area contributed by atoms with Gasteiger partial charge in [-0.05, 0) is 63.1 Å². The van der Waals surface area contributed by atoms with Crippen molar-refractivity contribution in [3.63, 3.8) is 0 Å². The van der Waals surface area contributed by atoms with E-state index in [0.717, 1.165) is 23.7 Å². The summed E-state index contributed by atoms with van der Waals surface area (Å²) in [4.78, 5) is 2.44. The fourth-order valence-electron chi connectivity index (χ4n) is 3.77. The first-order chi connectivity index (χ1) is 10.5. The van der Waals surface area contributed by atoms with Gasteiger partial charge in [0, 0.05) is 0 Å². The number of hydrogen-bond acceptors (Lipinski definition) is 1. The molecule has 2 aliphatic rings. The van der Waals surface area contributed by atoms with Gasteiger partial charge in [-0.3, -0.25) is 0 Å². The van der Waals surface area contributed by atoms with E-state index in [4.69, 9.17) is 0 Å². The van der Waals surface area contributed by atoms with Gasteiger partial charge in [0.1, 0.15) is 0 Å². The summed E-state index contributed by atoms with van der Waals surface area (Å²) in [5.74, 6) is 3.90. The van der Waals surface area contributed by atoms with E-state index >= 15 is 0 Å². The molecule has 1 saturated carbocycles. The molecule has 0 bridgehead atoms. The second kappa shape index (κ2) is 13.4. The molecular weight excluding hydrogens is 266 g/mol. The minimum Gasteiger partial charge on any atom is -0.306 e. The second-order valence-electron chi connectivity index (χ2n) is 8.02. The van der Waals surface area contributed by atoms with Gasteiger partial charge in [0.05, 0.1) is 0 Å². The SMILES string of the molecule is CC.CC(C)C1CCCCC1.CC(C)CC1CCN(C)CC1. The molecule has 22 heavy (non-hydrogen) atoms. The molecule has 1 heteroatoms. The van der Waals surface area contributed by atoms with Crippen molar-refractivity contribution in [2.45, 2.75) is 92.9 Å². The normalized spacial score (nSPS) is 21.1. The average Bonchev–Trinajstić information content (AvgIpc) is 2.53. The predicted molar refractivity (Wildman–Crippen MR) is 102 cm³/mol. The molecule has 0 atom stereocenters. The van der Waals surface area contributed by atoms with Gasteiger partial charge in [0.2, 0.25) is 0 Å². The monoisotopic (exact) mass is 311 g/mol. The van der Waals surface area contributed by atoms with Gasteiger partial charge in [-0.1, -0.05) is 73.6 Å². The molecule has 0 aromatic carbocycles. The molecule has 0 unspecified atom stereocenters. The van der Waals surface area contributed by atoms with E-state index in [1.165, 1.54) is 64.5 Å². The maximum atomic E-state index is 2.44. The van der Waals surface area contributed by atoms with Crippen molar-refractivity contribution in [2.75, 3.05) is 20.1 Å². The molecule has 1 heterocycles. The van der Waals surface area contributed by atoms with Crippen molar-refractivity contribution >= 4 is 0 Å². The van der Waals surface area contributed by atoms with Crippen LogP contribution in [0, 0.1) is 23.7 Å². The molecule has 0 N–H and O–H groups in total. The summed E-state index contributed by atoms with van der Waals surface area (Å²) >= 11 is 0. The van der Waals surface area contributed by atoms with E-state index in [9.17, 15) is 0 Å². The lowest BCUT2D eigenvalue weighted by Gasteiger charge is -2.29. The van der Waals surface area contributed by atoms with Crippen molar-refractivity contribution in [1.29, 1.82) is 0 Å². The van der Waals surface area contributed by atoms with Crippen LogP contribution in [0.25, 0.3) is 0 Å². The van der Waals surface area contributed by atoms with Crippen molar-refractivity contribution in [2.24, 2.45) is 23.7 Å². The van der Waals surface area contributed by atoms with Crippen LogP contribution in [-0.2, 0) is 0 Å². The third-order valence-electron chi connectivity index (χ3n) is 5.24. The quantitative estimate of drug-likeness (QED) is 0.566. The Morgan fingerprint density at radius 1 is 0.818 bits per heavy atom. The predicted octanol–water partition coefficient (Wildman–Crippen LogP) is 6.62. The van der Waals surface area contributed by atoms with Crippen LogP contribution in [0.15, 0.2) is 0 Å². The zero-order valence-corrected chi connectivity index (χ0v) is 16.8. The average molecular weight is 312 g/mol. The Morgan fingerprint density at radius 3 is 1.68 bits per heavy atom. The summed E-state index contributed by atoms with van der Waals surface area (Å²) in [6.45, 7) is 16.0. The van der Waals surface area contributed by atoms with Gasteiger partial charge < -0.3 is 4.90 Å². The molecule has 2 fully saturated rings. The van der Waals surface area contributed by atoms with Crippen LogP contribution in [0.1, 0.15) is 92.9 Å².